The SMILES string of the molecule is CC(C)(C)c1ccc(OCC(=O)N2CCCNCC2)cc1. The van der Waals surface area contributed by atoms with Gasteiger partial charge in [-0.05, 0) is 36.1 Å². The first kappa shape index (κ1) is 15.8. The molecule has 0 aromatic heterocycles. The fraction of sp³-hybridized carbons (Fsp3) is 0.588. The second kappa shape index (κ2) is 6.94. The lowest BCUT2D eigenvalue weighted by Crippen LogP contribution is -2.37. The Morgan fingerprint density at radius 3 is 2.57 bits per heavy atom. The van der Waals surface area contributed by atoms with Crippen LogP contribution >= 0.6 is 0 Å². The van der Waals surface area contributed by atoms with Crippen LogP contribution in [0, 0.1) is 0 Å². The van der Waals surface area contributed by atoms with Crippen molar-refractivity contribution in [2.45, 2.75) is 32.6 Å². The van der Waals surface area contributed by atoms with Gasteiger partial charge in [0.1, 0.15) is 5.75 Å². The lowest BCUT2D eigenvalue weighted by atomic mass is 9.87. The van der Waals surface area contributed by atoms with Crippen LogP contribution in [0.1, 0.15) is 32.8 Å². The first-order valence-electron chi connectivity index (χ1n) is 7.69. The molecule has 21 heavy (non-hydrogen) atoms. The molecule has 4 heteroatoms. The molecule has 0 radical (unpaired) electrons. The summed E-state index contributed by atoms with van der Waals surface area (Å²) >= 11 is 0. The molecule has 0 aliphatic carbocycles. The minimum Gasteiger partial charge on any atom is -0.484 e. The van der Waals surface area contributed by atoms with E-state index in [9.17, 15) is 4.79 Å². The largest absolute Gasteiger partial charge is 0.484 e. The molecule has 1 heterocycles. The summed E-state index contributed by atoms with van der Waals surface area (Å²) in [6.45, 7) is 10.1. The third-order valence-electron chi connectivity index (χ3n) is 3.78. The van der Waals surface area contributed by atoms with Crippen LogP contribution in [0.15, 0.2) is 24.3 Å². The molecule has 4 nitrogen and oxygen atoms in total. The van der Waals surface area contributed by atoms with Gasteiger partial charge >= 0.3 is 0 Å². The lowest BCUT2D eigenvalue weighted by Gasteiger charge is -2.21. The maximum absolute atomic E-state index is 12.1. The van der Waals surface area contributed by atoms with Gasteiger partial charge in [0, 0.05) is 19.6 Å². The summed E-state index contributed by atoms with van der Waals surface area (Å²) in [4.78, 5) is 14.0. The number of benzene rings is 1. The molecule has 116 valence electrons. The van der Waals surface area contributed by atoms with Gasteiger partial charge in [0.2, 0.25) is 0 Å². The van der Waals surface area contributed by atoms with E-state index in [-0.39, 0.29) is 17.9 Å². The summed E-state index contributed by atoms with van der Waals surface area (Å²) in [6, 6.07) is 8.01. The normalized spacial score (nSPS) is 16.4. The Labute approximate surface area is 127 Å². The van der Waals surface area contributed by atoms with Gasteiger partial charge in [-0.2, -0.15) is 0 Å². The highest BCUT2D eigenvalue weighted by molar-refractivity contribution is 5.77. The minimum atomic E-state index is 0.0681. The Balaban J connectivity index is 1.86. The van der Waals surface area contributed by atoms with Crippen LogP contribution in [0.3, 0.4) is 0 Å². The van der Waals surface area contributed by atoms with Gasteiger partial charge < -0.3 is 15.0 Å². The highest BCUT2D eigenvalue weighted by Gasteiger charge is 2.16. The van der Waals surface area contributed by atoms with Crippen molar-refractivity contribution in [2.24, 2.45) is 0 Å². The number of hydrogen-bond acceptors (Lipinski definition) is 3. The van der Waals surface area contributed by atoms with Crippen molar-refractivity contribution in [3.05, 3.63) is 29.8 Å². The zero-order chi connectivity index (χ0) is 15.3. The van der Waals surface area contributed by atoms with E-state index >= 15 is 0 Å². The number of ether oxygens (including phenoxy) is 1. The first-order chi connectivity index (χ1) is 9.97. The molecule has 0 bridgehead atoms. The van der Waals surface area contributed by atoms with Gasteiger partial charge in [-0.1, -0.05) is 32.9 Å². The molecule has 1 saturated heterocycles. The van der Waals surface area contributed by atoms with Crippen molar-refractivity contribution in [1.29, 1.82) is 0 Å². The topological polar surface area (TPSA) is 41.6 Å². The van der Waals surface area contributed by atoms with Crippen LogP contribution in [0.25, 0.3) is 0 Å². The molecule has 0 atom stereocenters. The van der Waals surface area contributed by atoms with Crippen LogP contribution < -0.4 is 10.1 Å². The Hall–Kier alpha value is -1.55. The van der Waals surface area contributed by atoms with E-state index < -0.39 is 0 Å². The molecule has 1 aromatic rings. The van der Waals surface area contributed by atoms with E-state index in [1.54, 1.807) is 0 Å². The van der Waals surface area contributed by atoms with Crippen molar-refractivity contribution in [1.82, 2.24) is 10.2 Å². The Morgan fingerprint density at radius 2 is 1.90 bits per heavy atom. The van der Waals surface area contributed by atoms with E-state index in [1.165, 1.54) is 5.56 Å². The first-order valence-corrected chi connectivity index (χ1v) is 7.69. The average Bonchev–Trinajstić information content (AvgIpc) is 2.73. The molecular formula is C17H26N2O2. The van der Waals surface area contributed by atoms with Crippen molar-refractivity contribution in [3.8, 4) is 5.75 Å². The zero-order valence-corrected chi connectivity index (χ0v) is 13.3. The number of carbonyl (C=O) groups excluding carboxylic acids is 1. The molecular weight excluding hydrogens is 264 g/mol. The van der Waals surface area contributed by atoms with E-state index in [0.717, 1.165) is 38.3 Å². The summed E-state index contributed by atoms with van der Waals surface area (Å²) in [5, 5.41) is 3.29. The fourth-order valence-corrected chi connectivity index (χ4v) is 2.38. The van der Waals surface area contributed by atoms with Crippen LogP contribution in [-0.4, -0.2) is 43.6 Å². The smallest absolute Gasteiger partial charge is 0.260 e. The van der Waals surface area contributed by atoms with Crippen molar-refractivity contribution in [3.63, 3.8) is 0 Å². The molecule has 1 aromatic carbocycles. The van der Waals surface area contributed by atoms with Crippen molar-refractivity contribution < 1.29 is 9.53 Å². The monoisotopic (exact) mass is 290 g/mol. The minimum absolute atomic E-state index is 0.0681. The van der Waals surface area contributed by atoms with Crippen LogP contribution in [0.5, 0.6) is 5.75 Å². The van der Waals surface area contributed by atoms with E-state index in [0.29, 0.717) is 0 Å². The Kier molecular flexibility index (Phi) is 5.23. The zero-order valence-electron chi connectivity index (χ0n) is 13.3. The van der Waals surface area contributed by atoms with Gasteiger partial charge in [0.25, 0.3) is 5.91 Å². The Morgan fingerprint density at radius 1 is 1.19 bits per heavy atom. The summed E-state index contributed by atoms with van der Waals surface area (Å²) in [5.74, 6) is 0.822. The average molecular weight is 290 g/mol. The molecule has 1 fully saturated rings. The second-order valence-electron chi connectivity index (χ2n) is 6.55. The van der Waals surface area contributed by atoms with Crippen LogP contribution in [-0.2, 0) is 10.2 Å². The van der Waals surface area contributed by atoms with Gasteiger partial charge in [0.05, 0.1) is 0 Å². The van der Waals surface area contributed by atoms with Gasteiger partial charge in [-0.3, -0.25) is 4.79 Å². The predicted molar refractivity (Wildman–Crippen MR) is 84.7 cm³/mol. The summed E-state index contributed by atoms with van der Waals surface area (Å²) in [5.41, 5.74) is 1.40. The van der Waals surface area contributed by atoms with E-state index in [1.807, 2.05) is 17.0 Å². The molecule has 1 aliphatic rings. The predicted octanol–water partition coefficient (Wildman–Crippen LogP) is 2.18. The summed E-state index contributed by atoms with van der Waals surface area (Å²) in [6.07, 6.45) is 1.01. The maximum atomic E-state index is 12.1. The second-order valence-corrected chi connectivity index (χ2v) is 6.55. The van der Waals surface area contributed by atoms with E-state index in [4.69, 9.17) is 4.74 Å². The molecule has 2 rings (SSSR count). The summed E-state index contributed by atoms with van der Waals surface area (Å²) in [7, 11) is 0. The molecule has 0 saturated carbocycles. The number of hydrogen-bond donors (Lipinski definition) is 1. The lowest BCUT2D eigenvalue weighted by molar-refractivity contribution is -0.133. The van der Waals surface area contributed by atoms with E-state index in [2.05, 4.69) is 38.2 Å². The van der Waals surface area contributed by atoms with Crippen molar-refractivity contribution >= 4 is 5.91 Å². The van der Waals surface area contributed by atoms with Crippen LogP contribution in [0.4, 0.5) is 0 Å². The maximum Gasteiger partial charge on any atom is 0.260 e. The molecule has 1 N–H and O–H groups in total. The number of nitrogens with one attached hydrogen (secondary N) is 1. The number of carbonyl (C=O) groups is 1. The molecule has 0 unspecified atom stereocenters. The number of amides is 1. The van der Waals surface area contributed by atoms with Crippen LogP contribution in [0.2, 0.25) is 0 Å². The quantitative estimate of drug-likeness (QED) is 0.928. The molecule has 0 spiro atoms. The third kappa shape index (κ3) is 4.74. The number of rotatable bonds is 3. The number of nitrogens with zero attached hydrogens (tertiary/aromatic N) is 1. The molecule has 1 aliphatic heterocycles. The Bertz CT molecular complexity index is 455. The van der Waals surface area contributed by atoms with Gasteiger partial charge in [0.15, 0.2) is 6.61 Å². The fourth-order valence-electron chi connectivity index (χ4n) is 2.38. The highest BCUT2D eigenvalue weighted by atomic mass is 16.5. The third-order valence-corrected chi connectivity index (χ3v) is 3.78. The highest BCUT2D eigenvalue weighted by Crippen LogP contribution is 2.24. The van der Waals surface area contributed by atoms with Gasteiger partial charge in [-0.25, -0.2) is 0 Å². The standard InChI is InChI=1S/C17H26N2O2/c1-17(2,3)14-5-7-15(8-6-14)21-13-16(20)19-11-4-9-18-10-12-19/h5-8,18H,4,9-13H2,1-3H3. The molecule has 1 amide bonds. The summed E-state index contributed by atoms with van der Waals surface area (Å²) < 4.78 is 5.62. The van der Waals surface area contributed by atoms with Crippen molar-refractivity contribution in [2.75, 3.05) is 32.8 Å². The van der Waals surface area contributed by atoms with Gasteiger partial charge in [-0.15, -0.1) is 0 Å².